The minimum Gasteiger partial charge on any atom is -0.490 e. The number of carbonyl (C=O) groups excluding carboxylic acids is 2. The van der Waals surface area contributed by atoms with Gasteiger partial charge in [0.25, 0.3) is 5.91 Å². The van der Waals surface area contributed by atoms with E-state index in [-0.39, 0.29) is 24.1 Å². The summed E-state index contributed by atoms with van der Waals surface area (Å²) in [7, 11) is 0. The molecule has 0 radical (unpaired) electrons. The standard InChI is InChI=1S/C34H43ClN4O4/c1-4-7-20-39-21-18-30(19-22-39)42-28-13-8-24(9-14-28)33(40)36-26-10-15-29(16-11-26)43-32-17-12-27(23-31(32)35)38-34(41)37-25(5-2)6-3/h8-17,23,25,30H,4-7,18-22H2,1-3H3,(H,36,40)(H2,37,38,41). The topological polar surface area (TPSA) is 91.9 Å². The lowest BCUT2D eigenvalue weighted by Crippen LogP contribution is -2.38. The number of hydrogen-bond acceptors (Lipinski definition) is 5. The number of likely N-dealkylation sites (tertiary alicyclic amines) is 1. The molecule has 3 N–H and O–H groups in total. The maximum Gasteiger partial charge on any atom is 0.319 e. The molecule has 3 aromatic carbocycles. The van der Waals surface area contributed by atoms with E-state index >= 15 is 0 Å². The maximum absolute atomic E-state index is 12.8. The fraction of sp³-hybridized carbons (Fsp3) is 0.412. The van der Waals surface area contributed by atoms with E-state index in [4.69, 9.17) is 21.1 Å². The number of unbranched alkanes of at least 4 members (excludes halogenated alkanes) is 1. The second-order valence-electron chi connectivity index (χ2n) is 10.9. The normalized spacial score (nSPS) is 13.9. The summed E-state index contributed by atoms with van der Waals surface area (Å²) in [6, 6.07) is 19.3. The van der Waals surface area contributed by atoms with Gasteiger partial charge in [-0.25, -0.2) is 4.79 Å². The number of piperidine rings is 1. The van der Waals surface area contributed by atoms with E-state index in [1.807, 2.05) is 26.0 Å². The number of benzene rings is 3. The van der Waals surface area contributed by atoms with Crippen molar-refractivity contribution in [2.75, 3.05) is 30.3 Å². The van der Waals surface area contributed by atoms with Crippen LogP contribution in [-0.2, 0) is 0 Å². The van der Waals surface area contributed by atoms with Gasteiger partial charge in [-0.1, -0.05) is 38.8 Å². The molecule has 1 saturated heterocycles. The SMILES string of the molecule is CCCCN1CCC(Oc2ccc(C(=O)Nc3ccc(Oc4ccc(NC(=O)NC(CC)CC)cc4Cl)cc3)cc2)CC1. The molecule has 0 aromatic heterocycles. The summed E-state index contributed by atoms with van der Waals surface area (Å²) in [5.41, 5.74) is 1.76. The van der Waals surface area contributed by atoms with Crippen molar-refractivity contribution in [3.05, 3.63) is 77.3 Å². The molecule has 1 aliphatic heterocycles. The van der Waals surface area contributed by atoms with Crippen molar-refractivity contribution in [2.24, 2.45) is 0 Å². The summed E-state index contributed by atoms with van der Waals surface area (Å²) in [5, 5.41) is 9.01. The van der Waals surface area contributed by atoms with Crippen molar-refractivity contribution in [1.29, 1.82) is 0 Å². The Bertz CT molecular complexity index is 1320. The lowest BCUT2D eigenvalue weighted by molar-refractivity contribution is 0.0996. The molecule has 0 bridgehead atoms. The van der Waals surface area contributed by atoms with E-state index in [0.29, 0.717) is 33.5 Å². The number of nitrogens with zero attached hydrogens (tertiary/aromatic N) is 1. The Balaban J connectivity index is 1.24. The van der Waals surface area contributed by atoms with Crippen LogP contribution in [0.1, 0.15) is 69.7 Å². The molecule has 0 spiro atoms. The number of ether oxygens (including phenoxy) is 2. The van der Waals surface area contributed by atoms with Gasteiger partial charge in [0.05, 0.1) is 5.02 Å². The predicted octanol–water partition coefficient (Wildman–Crippen LogP) is 8.34. The van der Waals surface area contributed by atoms with Gasteiger partial charge < -0.3 is 30.3 Å². The van der Waals surface area contributed by atoms with E-state index in [2.05, 4.69) is 27.8 Å². The summed E-state index contributed by atoms with van der Waals surface area (Å²) in [4.78, 5) is 27.5. The molecule has 1 heterocycles. The number of nitrogens with one attached hydrogen (secondary N) is 3. The third kappa shape index (κ3) is 9.90. The van der Waals surface area contributed by atoms with Crippen LogP contribution in [0.4, 0.5) is 16.2 Å². The summed E-state index contributed by atoms with van der Waals surface area (Å²) in [6.45, 7) is 9.61. The van der Waals surface area contributed by atoms with Crippen molar-refractivity contribution in [3.63, 3.8) is 0 Å². The number of amides is 3. The van der Waals surface area contributed by atoms with Crippen LogP contribution in [0.5, 0.6) is 17.2 Å². The van der Waals surface area contributed by atoms with E-state index in [1.165, 1.54) is 19.4 Å². The lowest BCUT2D eigenvalue weighted by atomic mass is 10.1. The fourth-order valence-electron chi connectivity index (χ4n) is 4.95. The Morgan fingerprint density at radius 1 is 0.884 bits per heavy atom. The highest BCUT2D eigenvalue weighted by Gasteiger charge is 2.20. The molecule has 0 unspecified atom stereocenters. The monoisotopic (exact) mass is 606 g/mol. The summed E-state index contributed by atoms with van der Waals surface area (Å²) in [5.74, 6) is 1.60. The number of urea groups is 1. The molecular weight excluding hydrogens is 564 g/mol. The summed E-state index contributed by atoms with van der Waals surface area (Å²) in [6.07, 6.45) is 6.46. The van der Waals surface area contributed by atoms with Gasteiger partial charge in [-0.3, -0.25) is 4.79 Å². The van der Waals surface area contributed by atoms with E-state index < -0.39 is 0 Å². The number of rotatable bonds is 13. The highest BCUT2D eigenvalue weighted by atomic mass is 35.5. The largest absolute Gasteiger partial charge is 0.490 e. The predicted molar refractivity (Wildman–Crippen MR) is 174 cm³/mol. The zero-order valence-corrected chi connectivity index (χ0v) is 26.1. The first-order chi connectivity index (χ1) is 20.9. The molecule has 230 valence electrons. The van der Waals surface area contributed by atoms with Gasteiger partial charge >= 0.3 is 6.03 Å². The van der Waals surface area contributed by atoms with Gasteiger partial charge in [-0.2, -0.15) is 0 Å². The van der Waals surface area contributed by atoms with Crippen LogP contribution < -0.4 is 25.4 Å². The third-order valence-corrected chi connectivity index (χ3v) is 7.93. The fourth-order valence-corrected chi connectivity index (χ4v) is 5.17. The van der Waals surface area contributed by atoms with Gasteiger partial charge in [0.15, 0.2) is 0 Å². The van der Waals surface area contributed by atoms with E-state index in [9.17, 15) is 9.59 Å². The smallest absolute Gasteiger partial charge is 0.319 e. The van der Waals surface area contributed by atoms with E-state index in [1.54, 1.807) is 54.6 Å². The first-order valence-corrected chi connectivity index (χ1v) is 15.7. The van der Waals surface area contributed by atoms with E-state index in [0.717, 1.165) is 44.5 Å². The van der Waals surface area contributed by atoms with Crippen LogP contribution in [-0.4, -0.2) is 48.6 Å². The Hall–Kier alpha value is -3.75. The van der Waals surface area contributed by atoms with Gasteiger partial charge in [-0.15, -0.1) is 0 Å². The minimum absolute atomic E-state index is 0.124. The Labute approximate surface area is 260 Å². The first-order valence-electron chi connectivity index (χ1n) is 15.3. The number of anilines is 2. The summed E-state index contributed by atoms with van der Waals surface area (Å²) >= 11 is 6.41. The molecule has 3 amide bonds. The van der Waals surface area contributed by atoms with Crippen LogP contribution >= 0.6 is 11.6 Å². The van der Waals surface area contributed by atoms with Crippen molar-refractivity contribution >= 4 is 34.9 Å². The zero-order chi connectivity index (χ0) is 30.6. The first kappa shape index (κ1) is 32.2. The van der Waals surface area contributed by atoms with Gasteiger partial charge in [0.1, 0.15) is 23.4 Å². The van der Waals surface area contributed by atoms with Crippen LogP contribution in [0.2, 0.25) is 5.02 Å². The number of hydrogen-bond donors (Lipinski definition) is 3. The lowest BCUT2D eigenvalue weighted by Gasteiger charge is -2.32. The third-order valence-electron chi connectivity index (χ3n) is 7.63. The average Bonchev–Trinajstić information content (AvgIpc) is 3.02. The minimum atomic E-state index is -0.269. The molecule has 3 aromatic rings. The van der Waals surface area contributed by atoms with Crippen molar-refractivity contribution in [1.82, 2.24) is 10.2 Å². The molecule has 0 atom stereocenters. The van der Waals surface area contributed by atoms with Crippen molar-refractivity contribution in [3.8, 4) is 17.2 Å². The van der Waals surface area contributed by atoms with Crippen molar-refractivity contribution in [2.45, 2.75) is 71.4 Å². The molecule has 0 aliphatic carbocycles. The molecule has 0 saturated carbocycles. The van der Waals surface area contributed by atoms with Crippen LogP contribution in [0, 0.1) is 0 Å². The Morgan fingerprint density at radius 3 is 2.16 bits per heavy atom. The summed E-state index contributed by atoms with van der Waals surface area (Å²) < 4.78 is 12.1. The molecule has 1 aliphatic rings. The van der Waals surface area contributed by atoms with Gasteiger partial charge in [0.2, 0.25) is 0 Å². The second kappa shape index (κ2) is 16.2. The van der Waals surface area contributed by atoms with Gasteiger partial charge in [0, 0.05) is 36.1 Å². The molecule has 1 fully saturated rings. The number of carbonyl (C=O) groups is 2. The molecular formula is C34H43ClN4O4. The zero-order valence-electron chi connectivity index (χ0n) is 25.3. The maximum atomic E-state index is 12.8. The molecule has 8 nitrogen and oxygen atoms in total. The Morgan fingerprint density at radius 2 is 1.53 bits per heavy atom. The quantitative estimate of drug-likeness (QED) is 0.182. The Kier molecular flexibility index (Phi) is 12.1. The molecule has 43 heavy (non-hydrogen) atoms. The van der Waals surface area contributed by atoms with Crippen LogP contribution in [0.15, 0.2) is 66.7 Å². The van der Waals surface area contributed by atoms with Crippen molar-refractivity contribution < 1.29 is 19.1 Å². The van der Waals surface area contributed by atoms with Crippen LogP contribution in [0.3, 0.4) is 0 Å². The second-order valence-corrected chi connectivity index (χ2v) is 11.3. The average molecular weight is 607 g/mol. The van der Waals surface area contributed by atoms with Crippen LogP contribution in [0.25, 0.3) is 0 Å². The molecule has 9 heteroatoms. The molecule has 4 rings (SSSR count). The highest BCUT2D eigenvalue weighted by Crippen LogP contribution is 2.32. The highest BCUT2D eigenvalue weighted by molar-refractivity contribution is 6.32. The van der Waals surface area contributed by atoms with Gasteiger partial charge in [-0.05, 0) is 105 Å². The number of halogens is 1.